The number of anilines is 2. The van der Waals surface area contributed by atoms with Crippen molar-refractivity contribution in [3.8, 4) is 11.3 Å². The van der Waals surface area contributed by atoms with Crippen molar-refractivity contribution in [3.63, 3.8) is 0 Å². The first-order chi connectivity index (χ1) is 17.9. The van der Waals surface area contributed by atoms with E-state index in [1.54, 1.807) is 34.3 Å². The minimum absolute atomic E-state index is 0.0538. The lowest BCUT2D eigenvalue weighted by Gasteiger charge is -2.24. The van der Waals surface area contributed by atoms with E-state index in [-0.39, 0.29) is 11.8 Å². The Morgan fingerprint density at radius 2 is 1.70 bits per heavy atom. The molecule has 37 heavy (non-hydrogen) atoms. The molecule has 0 unspecified atom stereocenters. The summed E-state index contributed by atoms with van der Waals surface area (Å²) >= 11 is 6.55. The van der Waals surface area contributed by atoms with E-state index in [1.807, 2.05) is 74.5 Å². The molecule has 0 spiro atoms. The number of para-hydroxylation sites is 1. The van der Waals surface area contributed by atoms with Crippen LogP contribution >= 0.6 is 11.6 Å². The Bertz CT molecular complexity index is 1390. The van der Waals surface area contributed by atoms with E-state index in [9.17, 15) is 9.59 Å². The van der Waals surface area contributed by atoms with Gasteiger partial charge in [0.2, 0.25) is 5.91 Å². The average molecular weight is 513 g/mol. The van der Waals surface area contributed by atoms with Crippen LogP contribution in [0.4, 0.5) is 11.4 Å². The van der Waals surface area contributed by atoms with Gasteiger partial charge in [0.15, 0.2) is 0 Å². The molecule has 2 aromatic carbocycles. The van der Waals surface area contributed by atoms with Crippen molar-refractivity contribution < 1.29 is 9.59 Å². The van der Waals surface area contributed by atoms with Crippen molar-refractivity contribution in [3.05, 3.63) is 107 Å². The summed E-state index contributed by atoms with van der Waals surface area (Å²) in [5, 5.41) is 0.477. The van der Waals surface area contributed by atoms with Crippen molar-refractivity contribution >= 4 is 34.8 Å². The number of aryl methyl sites for hydroxylation is 1. The Kier molecular flexibility index (Phi) is 8.31. The van der Waals surface area contributed by atoms with Crippen molar-refractivity contribution in [2.45, 2.75) is 33.7 Å². The second kappa shape index (κ2) is 11.8. The predicted octanol–water partition coefficient (Wildman–Crippen LogP) is 6.72. The van der Waals surface area contributed by atoms with Crippen LogP contribution in [0.15, 0.2) is 85.2 Å². The predicted molar refractivity (Wildman–Crippen MR) is 149 cm³/mol. The number of hydrogen-bond donors (Lipinski definition) is 0. The molecule has 0 N–H and O–H groups in total. The summed E-state index contributed by atoms with van der Waals surface area (Å²) in [6.07, 6.45) is 4.16. The van der Waals surface area contributed by atoms with Crippen LogP contribution in [-0.2, 0) is 11.3 Å². The molecule has 4 rings (SSSR count). The molecule has 0 bridgehead atoms. The van der Waals surface area contributed by atoms with Gasteiger partial charge < -0.3 is 9.80 Å². The number of aromatic nitrogens is 2. The van der Waals surface area contributed by atoms with Gasteiger partial charge in [-0.15, -0.1) is 0 Å². The van der Waals surface area contributed by atoms with E-state index in [0.717, 1.165) is 28.9 Å². The molecule has 0 saturated carbocycles. The van der Waals surface area contributed by atoms with Crippen LogP contribution in [0.3, 0.4) is 0 Å². The fourth-order valence-corrected chi connectivity index (χ4v) is 4.43. The van der Waals surface area contributed by atoms with Crippen LogP contribution < -0.4 is 9.80 Å². The number of amides is 2. The van der Waals surface area contributed by atoms with Gasteiger partial charge in [-0.2, -0.15) is 0 Å². The number of hydrogen-bond acceptors (Lipinski definition) is 4. The zero-order valence-electron chi connectivity index (χ0n) is 21.2. The van der Waals surface area contributed by atoms with E-state index < -0.39 is 0 Å². The summed E-state index contributed by atoms with van der Waals surface area (Å²) in [5.41, 5.74) is 5.29. The fraction of sp³-hybridized carbons (Fsp3) is 0.200. The first kappa shape index (κ1) is 26.0. The molecule has 2 aromatic heterocycles. The quantitative estimate of drug-likeness (QED) is 0.263. The highest BCUT2D eigenvalue weighted by Gasteiger charge is 2.20. The summed E-state index contributed by atoms with van der Waals surface area (Å²) in [4.78, 5) is 38.0. The highest BCUT2D eigenvalue weighted by molar-refractivity contribution is 6.34. The molecule has 0 atom stereocenters. The Hall–Kier alpha value is -4.03. The maximum Gasteiger partial charge on any atom is 0.260 e. The second-order valence-corrected chi connectivity index (χ2v) is 9.15. The zero-order chi connectivity index (χ0) is 26.4. The van der Waals surface area contributed by atoms with Crippen molar-refractivity contribution in [1.82, 2.24) is 9.97 Å². The Morgan fingerprint density at radius 3 is 2.32 bits per heavy atom. The van der Waals surface area contributed by atoms with Gasteiger partial charge in [-0.1, -0.05) is 48.9 Å². The Morgan fingerprint density at radius 1 is 0.919 bits per heavy atom. The van der Waals surface area contributed by atoms with Gasteiger partial charge in [-0.3, -0.25) is 19.6 Å². The molecule has 2 heterocycles. The molecule has 0 fully saturated rings. The van der Waals surface area contributed by atoms with E-state index in [1.165, 1.54) is 6.92 Å². The van der Waals surface area contributed by atoms with Crippen molar-refractivity contribution in [2.24, 2.45) is 0 Å². The molecule has 4 aromatic rings. The minimum Gasteiger partial charge on any atom is -0.311 e. The topological polar surface area (TPSA) is 66.4 Å². The van der Waals surface area contributed by atoms with Crippen LogP contribution in [0.25, 0.3) is 11.3 Å². The maximum absolute atomic E-state index is 13.6. The van der Waals surface area contributed by atoms with E-state index in [0.29, 0.717) is 35.1 Å². The van der Waals surface area contributed by atoms with Crippen LogP contribution in [0, 0.1) is 6.92 Å². The number of nitrogens with zero attached hydrogens (tertiary/aromatic N) is 4. The highest BCUT2D eigenvalue weighted by Crippen LogP contribution is 2.31. The molecule has 0 saturated heterocycles. The first-order valence-corrected chi connectivity index (χ1v) is 12.6. The number of halogens is 1. The lowest BCUT2D eigenvalue weighted by atomic mass is 10.1. The fourth-order valence-electron chi connectivity index (χ4n) is 4.15. The van der Waals surface area contributed by atoms with Crippen LogP contribution in [0.5, 0.6) is 0 Å². The van der Waals surface area contributed by atoms with E-state index in [2.05, 4.69) is 9.97 Å². The average Bonchev–Trinajstić information content (AvgIpc) is 2.91. The normalized spacial score (nSPS) is 10.7. The third kappa shape index (κ3) is 6.04. The second-order valence-electron chi connectivity index (χ2n) is 8.74. The number of carbonyl (C=O) groups is 2. The largest absolute Gasteiger partial charge is 0.311 e. The molecule has 2 amide bonds. The third-order valence-corrected chi connectivity index (χ3v) is 6.43. The summed E-state index contributed by atoms with van der Waals surface area (Å²) in [6, 6.07) is 22.5. The summed E-state index contributed by atoms with van der Waals surface area (Å²) in [6.45, 7) is 6.48. The number of carbonyl (C=O) groups excluding carboxylic acids is 2. The molecule has 0 radical (unpaired) electrons. The zero-order valence-corrected chi connectivity index (χ0v) is 21.9. The first-order valence-electron chi connectivity index (χ1n) is 12.2. The van der Waals surface area contributed by atoms with Gasteiger partial charge >= 0.3 is 0 Å². The van der Waals surface area contributed by atoms with Gasteiger partial charge in [0, 0.05) is 42.8 Å². The van der Waals surface area contributed by atoms with E-state index in [4.69, 9.17) is 11.6 Å². The van der Waals surface area contributed by atoms with Crippen LogP contribution in [0.1, 0.15) is 41.9 Å². The van der Waals surface area contributed by atoms with Gasteiger partial charge in [-0.05, 0) is 61.4 Å². The summed E-state index contributed by atoms with van der Waals surface area (Å²) in [7, 11) is 0. The summed E-state index contributed by atoms with van der Waals surface area (Å²) in [5.74, 6) is -0.208. The Balaban J connectivity index is 1.60. The monoisotopic (exact) mass is 512 g/mol. The SMILES string of the molecule is CCCN(C(C)=O)c1ccc(-c2ccc(C(=O)N(Cc3cccnc3C)c3ccccc3)cn2)cc1Cl. The molecular weight excluding hydrogens is 484 g/mol. The van der Waals surface area contributed by atoms with Crippen LogP contribution in [0.2, 0.25) is 5.02 Å². The van der Waals surface area contributed by atoms with Gasteiger partial charge in [0.1, 0.15) is 0 Å². The minimum atomic E-state index is -0.154. The molecular formula is C30H29ClN4O2. The molecule has 0 aliphatic rings. The van der Waals surface area contributed by atoms with Crippen molar-refractivity contribution in [2.75, 3.05) is 16.3 Å². The number of rotatable bonds is 8. The standard InChI is InChI=1S/C30H29ClN4O2/c1-4-17-34(22(3)36)29-15-13-23(18-27(29)31)28-14-12-24(19-33-28)30(37)35(26-10-6-5-7-11-26)20-25-9-8-16-32-21(25)2/h5-16,18-19H,4,17,20H2,1-3H3. The molecule has 188 valence electrons. The molecule has 7 heteroatoms. The Labute approximate surface area is 222 Å². The smallest absolute Gasteiger partial charge is 0.260 e. The van der Waals surface area contributed by atoms with E-state index >= 15 is 0 Å². The molecule has 0 aliphatic carbocycles. The number of benzene rings is 2. The van der Waals surface area contributed by atoms with Gasteiger partial charge in [0.25, 0.3) is 5.91 Å². The third-order valence-electron chi connectivity index (χ3n) is 6.13. The van der Waals surface area contributed by atoms with Gasteiger partial charge in [0.05, 0.1) is 28.5 Å². The van der Waals surface area contributed by atoms with Gasteiger partial charge in [-0.25, -0.2) is 0 Å². The maximum atomic E-state index is 13.6. The highest BCUT2D eigenvalue weighted by atomic mass is 35.5. The number of pyridine rings is 2. The van der Waals surface area contributed by atoms with Crippen molar-refractivity contribution in [1.29, 1.82) is 0 Å². The van der Waals surface area contributed by atoms with Crippen LogP contribution in [-0.4, -0.2) is 28.3 Å². The molecule has 6 nitrogen and oxygen atoms in total. The summed E-state index contributed by atoms with van der Waals surface area (Å²) < 4.78 is 0. The lowest BCUT2D eigenvalue weighted by Crippen LogP contribution is -2.30. The lowest BCUT2D eigenvalue weighted by molar-refractivity contribution is -0.116. The molecule has 0 aliphatic heterocycles.